The van der Waals surface area contributed by atoms with Crippen molar-refractivity contribution < 1.29 is 32.2 Å². The Balaban J connectivity index is 1.52. The first-order chi connectivity index (χ1) is 19.5. The number of methoxy groups -OCH3 is 2. The normalized spacial score (nSPS) is 18.8. The van der Waals surface area contributed by atoms with Crippen LogP contribution in [0.15, 0.2) is 60.8 Å². The summed E-state index contributed by atoms with van der Waals surface area (Å²) in [6.07, 6.45) is -1.84. The maximum absolute atomic E-state index is 14.3. The molecule has 0 spiro atoms. The van der Waals surface area contributed by atoms with Crippen LogP contribution in [0, 0.1) is 11.8 Å². The molecule has 2 atom stereocenters. The minimum atomic E-state index is -4.68. The largest absolute Gasteiger partial charge is 0.469 e. The van der Waals surface area contributed by atoms with Crippen molar-refractivity contribution in [1.29, 1.82) is 0 Å². The minimum absolute atomic E-state index is 0.0485. The predicted octanol–water partition coefficient (Wildman–Crippen LogP) is 6.36. The van der Waals surface area contributed by atoms with Gasteiger partial charge in [-0.25, -0.2) is 4.68 Å². The van der Waals surface area contributed by atoms with Crippen molar-refractivity contribution in [2.75, 3.05) is 26.6 Å². The molecule has 8 nitrogen and oxygen atoms in total. The number of nitrogens with zero attached hydrogens (tertiary/aromatic N) is 3. The molecule has 1 aromatic heterocycles. The fourth-order valence-corrected chi connectivity index (χ4v) is 5.43. The zero-order valence-electron chi connectivity index (χ0n) is 23.5. The van der Waals surface area contributed by atoms with Crippen LogP contribution in [0.4, 0.5) is 24.5 Å². The van der Waals surface area contributed by atoms with Gasteiger partial charge in [-0.3, -0.25) is 9.59 Å². The molecule has 1 aliphatic carbocycles. The van der Waals surface area contributed by atoms with E-state index in [-0.39, 0.29) is 23.6 Å². The van der Waals surface area contributed by atoms with Crippen LogP contribution in [0.3, 0.4) is 0 Å². The molecule has 1 heterocycles. The van der Waals surface area contributed by atoms with Gasteiger partial charge in [0, 0.05) is 25.8 Å². The fourth-order valence-electron chi connectivity index (χ4n) is 5.43. The Labute approximate surface area is 237 Å². The van der Waals surface area contributed by atoms with Crippen molar-refractivity contribution >= 4 is 23.3 Å². The molecule has 41 heavy (non-hydrogen) atoms. The molecular weight excluding hydrogens is 537 g/mol. The monoisotopic (exact) mass is 572 g/mol. The van der Waals surface area contributed by atoms with Gasteiger partial charge in [-0.15, -0.1) is 0 Å². The number of nitrogens with one attached hydrogen (secondary N) is 1. The number of ether oxygens (including phenoxy) is 2. The highest BCUT2D eigenvalue weighted by atomic mass is 19.4. The number of amides is 1. The summed E-state index contributed by atoms with van der Waals surface area (Å²) >= 11 is 0. The van der Waals surface area contributed by atoms with Gasteiger partial charge in [0.05, 0.1) is 42.4 Å². The smallest absolute Gasteiger partial charge is 0.413 e. The number of anilines is 2. The van der Waals surface area contributed by atoms with Crippen molar-refractivity contribution in [2.24, 2.45) is 11.8 Å². The zero-order chi connectivity index (χ0) is 29.7. The van der Waals surface area contributed by atoms with Gasteiger partial charge in [-0.2, -0.15) is 18.3 Å². The molecule has 11 heteroatoms. The van der Waals surface area contributed by atoms with E-state index >= 15 is 0 Å². The molecule has 1 amide bonds. The van der Waals surface area contributed by atoms with Crippen LogP contribution < -0.4 is 5.32 Å². The first-order valence-corrected chi connectivity index (χ1v) is 13.5. The summed E-state index contributed by atoms with van der Waals surface area (Å²) in [5.41, 5.74) is 2.75. The summed E-state index contributed by atoms with van der Waals surface area (Å²) in [6, 6.07) is 13.3. The van der Waals surface area contributed by atoms with Crippen molar-refractivity contribution in [3.63, 3.8) is 0 Å². The lowest BCUT2D eigenvalue weighted by Crippen LogP contribution is -2.43. The molecule has 1 saturated carbocycles. The highest BCUT2D eigenvalue weighted by Crippen LogP contribution is 2.40. The first kappa shape index (κ1) is 30.1. The number of para-hydroxylation sites is 1. The molecular formula is C30H35F3N4O4. The molecule has 1 aliphatic rings. The Bertz CT molecular complexity index is 1320. The number of alkyl halides is 3. The number of carbonyl (C=O) groups is 2. The average Bonchev–Trinajstić information content (AvgIpc) is 3.40. The lowest BCUT2D eigenvalue weighted by Gasteiger charge is -2.35. The molecule has 3 aromatic rings. The first-order valence-electron chi connectivity index (χ1n) is 13.5. The van der Waals surface area contributed by atoms with Crippen LogP contribution in [-0.2, 0) is 19.1 Å². The van der Waals surface area contributed by atoms with E-state index in [9.17, 15) is 22.8 Å². The van der Waals surface area contributed by atoms with Crippen molar-refractivity contribution in [1.82, 2.24) is 14.7 Å². The van der Waals surface area contributed by atoms with Crippen LogP contribution in [0.25, 0.3) is 5.69 Å². The van der Waals surface area contributed by atoms with Crippen molar-refractivity contribution in [3.05, 3.63) is 72.1 Å². The number of benzene rings is 2. The summed E-state index contributed by atoms with van der Waals surface area (Å²) in [4.78, 5) is 25.7. The SMILES string of the molecule is COC(=O)C1CCC(C(=O)N(C)[C@@H](c2ccc(Nc3cnn(-c4ccccc4)c3[C@H](C)OC)cc2)C(F)(F)F)CC1. The minimum Gasteiger partial charge on any atom is -0.469 e. The van der Waals surface area contributed by atoms with E-state index in [2.05, 4.69) is 10.4 Å². The molecule has 0 radical (unpaired) electrons. The number of hydrogen-bond acceptors (Lipinski definition) is 6. The number of esters is 1. The second kappa shape index (κ2) is 12.8. The highest BCUT2D eigenvalue weighted by Gasteiger charge is 2.46. The molecule has 0 saturated heterocycles. The Kier molecular flexibility index (Phi) is 9.37. The van der Waals surface area contributed by atoms with Gasteiger partial charge in [-0.05, 0) is 62.4 Å². The van der Waals surface area contributed by atoms with Crippen molar-refractivity contribution in [2.45, 2.75) is 50.9 Å². The molecule has 0 bridgehead atoms. The molecule has 4 rings (SSSR count). The molecule has 220 valence electrons. The Morgan fingerprint density at radius 1 is 1.00 bits per heavy atom. The van der Waals surface area contributed by atoms with Gasteiger partial charge >= 0.3 is 12.1 Å². The second-order valence-electron chi connectivity index (χ2n) is 10.3. The zero-order valence-corrected chi connectivity index (χ0v) is 23.5. The third-order valence-electron chi connectivity index (χ3n) is 7.71. The van der Waals surface area contributed by atoms with Crippen LogP contribution >= 0.6 is 0 Å². The van der Waals surface area contributed by atoms with E-state index in [1.54, 1.807) is 30.1 Å². The molecule has 2 aromatic carbocycles. The maximum atomic E-state index is 14.3. The van der Waals surface area contributed by atoms with Gasteiger partial charge in [0.15, 0.2) is 6.04 Å². The summed E-state index contributed by atoms with van der Waals surface area (Å²) in [5.74, 6) is -1.82. The van der Waals surface area contributed by atoms with Gasteiger partial charge in [0.2, 0.25) is 5.91 Å². The topological polar surface area (TPSA) is 85.7 Å². The third kappa shape index (κ3) is 6.73. The summed E-state index contributed by atoms with van der Waals surface area (Å²) < 4.78 is 55.0. The van der Waals surface area contributed by atoms with Crippen LogP contribution in [-0.4, -0.2) is 54.0 Å². The highest BCUT2D eigenvalue weighted by molar-refractivity contribution is 5.80. The van der Waals surface area contributed by atoms with Crippen molar-refractivity contribution in [3.8, 4) is 5.69 Å². The summed E-state index contributed by atoms with van der Waals surface area (Å²) in [6.45, 7) is 1.88. The van der Waals surface area contributed by atoms with E-state index in [4.69, 9.17) is 9.47 Å². The van der Waals surface area contributed by atoms with Gasteiger partial charge in [0.1, 0.15) is 0 Å². The van der Waals surface area contributed by atoms with Gasteiger partial charge in [-0.1, -0.05) is 30.3 Å². The predicted molar refractivity (Wildman–Crippen MR) is 148 cm³/mol. The summed E-state index contributed by atoms with van der Waals surface area (Å²) in [5, 5.41) is 7.73. The lowest BCUT2D eigenvalue weighted by molar-refractivity contribution is -0.191. The Morgan fingerprint density at radius 2 is 1.61 bits per heavy atom. The Morgan fingerprint density at radius 3 is 2.17 bits per heavy atom. The number of halogens is 3. The van der Waals surface area contributed by atoms with Gasteiger partial charge < -0.3 is 19.7 Å². The standard InChI is InChI=1S/C30H35F3N4O4/c1-19(40-3)26-25(18-34-37(26)24-8-6-5-7-9-24)35-23-16-14-20(15-17-23)27(30(31,32)33)36(2)28(38)21-10-12-22(13-11-21)29(39)41-4/h5-9,14-19,21-22,27,35H,10-13H2,1-4H3/t19-,21?,22?,27-/m0/s1. The summed E-state index contributed by atoms with van der Waals surface area (Å²) in [7, 11) is 4.08. The Hall–Kier alpha value is -3.86. The quantitative estimate of drug-likeness (QED) is 0.300. The maximum Gasteiger partial charge on any atom is 0.413 e. The number of aromatic nitrogens is 2. The number of rotatable bonds is 9. The van der Waals surface area contributed by atoms with E-state index in [1.165, 1.54) is 26.3 Å². The molecule has 1 N–H and O–H groups in total. The number of carbonyl (C=O) groups excluding carboxylic acids is 2. The van der Waals surface area contributed by atoms with E-state index in [0.29, 0.717) is 37.1 Å². The third-order valence-corrected chi connectivity index (χ3v) is 7.71. The number of hydrogen-bond donors (Lipinski definition) is 1. The second-order valence-corrected chi connectivity index (χ2v) is 10.3. The fraction of sp³-hybridized carbons (Fsp3) is 0.433. The van der Waals surface area contributed by atoms with Gasteiger partial charge in [0.25, 0.3) is 0 Å². The average molecular weight is 573 g/mol. The molecule has 0 aliphatic heterocycles. The van der Waals surface area contributed by atoms with E-state index in [1.807, 2.05) is 37.3 Å². The van der Waals surface area contributed by atoms with Crippen LogP contribution in [0.5, 0.6) is 0 Å². The van der Waals surface area contributed by atoms with E-state index < -0.39 is 24.0 Å². The lowest BCUT2D eigenvalue weighted by atomic mass is 9.81. The van der Waals surface area contributed by atoms with Crippen LogP contribution in [0.2, 0.25) is 0 Å². The molecule has 0 unspecified atom stereocenters. The molecule has 1 fully saturated rings. The van der Waals surface area contributed by atoms with E-state index in [0.717, 1.165) is 16.3 Å². The van der Waals surface area contributed by atoms with Crippen LogP contribution in [0.1, 0.15) is 56.0 Å².